The maximum atomic E-state index is 11.8. The Morgan fingerprint density at radius 2 is 2.05 bits per heavy atom. The van der Waals surface area contributed by atoms with Crippen molar-refractivity contribution in [3.05, 3.63) is 24.3 Å². The molecule has 0 aliphatic carbocycles. The molecule has 1 atom stereocenters. The molecule has 0 aromatic heterocycles. The summed E-state index contributed by atoms with van der Waals surface area (Å²) in [6.45, 7) is 0.00325. The second-order valence-electron chi connectivity index (χ2n) is 3.65. The number of anilines is 1. The average Bonchev–Trinajstić information content (AvgIpc) is 2.40. The van der Waals surface area contributed by atoms with Gasteiger partial charge in [0.05, 0.1) is 5.69 Å². The van der Waals surface area contributed by atoms with Crippen molar-refractivity contribution in [1.29, 1.82) is 0 Å². The van der Waals surface area contributed by atoms with Crippen LogP contribution in [0.4, 0.5) is 5.69 Å². The highest BCUT2D eigenvalue weighted by molar-refractivity contribution is 7.89. The van der Waals surface area contributed by atoms with E-state index in [-0.39, 0.29) is 17.1 Å². The molecular weight excluding hydrogens is 270 g/mol. The molecule has 0 bridgehead atoms. The quantitative estimate of drug-likeness (QED) is 0.653. The fraction of sp³-hybridized carbons (Fsp3) is 0.364. The number of carbonyl (C=O) groups is 1. The van der Waals surface area contributed by atoms with Crippen LogP contribution in [0.15, 0.2) is 29.2 Å². The lowest BCUT2D eigenvalue weighted by Crippen LogP contribution is -2.36. The zero-order valence-corrected chi connectivity index (χ0v) is 11.5. The molecule has 1 aromatic rings. The van der Waals surface area contributed by atoms with Gasteiger partial charge in [-0.2, -0.15) is 0 Å². The van der Waals surface area contributed by atoms with E-state index < -0.39 is 22.0 Å². The molecule has 1 unspecified atom stereocenters. The van der Waals surface area contributed by atoms with Gasteiger partial charge in [0.2, 0.25) is 10.0 Å². The maximum Gasteiger partial charge on any atom is 0.254 e. The third-order valence-electron chi connectivity index (χ3n) is 2.49. The zero-order chi connectivity index (χ0) is 14.5. The van der Waals surface area contributed by atoms with Crippen molar-refractivity contribution in [2.24, 2.45) is 5.73 Å². The number of benzene rings is 1. The minimum absolute atomic E-state index is 0.00325. The van der Waals surface area contributed by atoms with E-state index in [0.29, 0.717) is 0 Å². The van der Waals surface area contributed by atoms with Crippen molar-refractivity contribution in [2.45, 2.75) is 11.0 Å². The monoisotopic (exact) mass is 287 g/mol. The topological polar surface area (TPSA) is 111 Å². The van der Waals surface area contributed by atoms with Crippen LogP contribution in [-0.2, 0) is 19.6 Å². The number of amides is 1. The Kier molecular flexibility index (Phi) is 5.43. The first-order valence-electron chi connectivity index (χ1n) is 5.52. The van der Waals surface area contributed by atoms with Crippen LogP contribution in [0.1, 0.15) is 0 Å². The van der Waals surface area contributed by atoms with Crippen LogP contribution in [0, 0.1) is 0 Å². The summed E-state index contributed by atoms with van der Waals surface area (Å²) in [5.74, 6) is -0.497. The first-order chi connectivity index (χ1) is 8.96. The van der Waals surface area contributed by atoms with E-state index in [2.05, 4.69) is 10.0 Å². The number of carbonyl (C=O) groups excluding carboxylic acids is 1. The van der Waals surface area contributed by atoms with Gasteiger partial charge in [0.15, 0.2) is 0 Å². The van der Waals surface area contributed by atoms with Crippen molar-refractivity contribution in [3.63, 3.8) is 0 Å². The van der Waals surface area contributed by atoms with Crippen LogP contribution >= 0.6 is 0 Å². The molecule has 0 saturated heterocycles. The molecule has 106 valence electrons. The summed E-state index contributed by atoms with van der Waals surface area (Å²) < 4.78 is 30.7. The number of nitrogens with one attached hydrogen (secondary N) is 2. The lowest BCUT2D eigenvalue weighted by atomic mass is 10.3. The van der Waals surface area contributed by atoms with Gasteiger partial charge in [0, 0.05) is 13.7 Å². The van der Waals surface area contributed by atoms with Crippen LogP contribution in [0.5, 0.6) is 0 Å². The fourth-order valence-electron chi connectivity index (χ4n) is 1.44. The van der Waals surface area contributed by atoms with Gasteiger partial charge in [-0.05, 0) is 19.2 Å². The van der Waals surface area contributed by atoms with Crippen molar-refractivity contribution in [3.8, 4) is 0 Å². The SMILES string of the molecule is CNS(=O)(=O)c1ccccc1NC(=O)C(CN)OC. The summed E-state index contributed by atoms with van der Waals surface area (Å²) in [6, 6.07) is 6.07. The molecule has 0 spiro atoms. The zero-order valence-electron chi connectivity index (χ0n) is 10.7. The van der Waals surface area contributed by atoms with Gasteiger partial charge in [0.25, 0.3) is 5.91 Å². The van der Waals surface area contributed by atoms with Gasteiger partial charge < -0.3 is 15.8 Å². The Morgan fingerprint density at radius 1 is 1.42 bits per heavy atom. The Morgan fingerprint density at radius 3 is 2.58 bits per heavy atom. The van der Waals surface area contributed by atoms with Gasteiger partial charge in [-0.15, -0.1) is 0 Å². The first-order valence-corrected chi connectivity index (χ1v) is 7.01. The average molecular weight is 287 g/mol. The van der Waals surface area contributed by atoms with Gasteiger partial charge >= 0.3 is 0 Å². The summed E-state index contributed by atoms with van der Waals surface area (Å²) in [5, 5.41) is 2.49. The second kappa shape index (κ2) is 6.62. The number of hydrogen-bond donors (Lipinski definition) is 3. The predicted octanol–water partition coefficient (Wildman–Crippen LogP) is -0.493. The van der Waals surface area contributed by atoms with E-state index in [1.165, 1.54) is 26.3 Å². The van der Waals surface area contributed by atoms with Gasteiger partial charge in [-0.1, -0.05) is 12.1 Å². The lowest BCUT2D eigenvalue weighted by molar-refractivity contribution is -0.125. The summed E-state index contributed by atoms with van der Waals surface area (Å²) in [4.78, 5) is 11.8. The minimum atomic E-state index is -3.65. The summed E-state index contributed by atoms with van der Waals surface area (Å²) in [7, 11) is -0.998. The van der Waals surface area contributed by atoms with E-state index in [0.717, 1.165) is 0 Å². The number of methoxy groups -OCH3 is 1. The Balaban J connectivity index is 3.06. The largest absolute Gasteiger partial charge is 0.370 e. The highest BCUT2D eigenvalue weighted by Crippen LogP contribution is 2.20. The van der Waals surface area contributed by atoms with Gasteiger partial charge in [0.1, 0.15) is 11.0 Å². The van der Waals surface area contributed by atoms with Gasteiger partial charge in [-0.3, -0.25) is 4.79 Å². The molecule has 0 heterocycles. The van der Waals surface area contributed by atoms with Gasteiger partial charge in [-0.25, -0.2) is 13.1 Å². The number of nitrogens with two attached hydrogens (primary N) is 1. The first kappa shape index (κ1) is 15.6. The normalized spacial score (nSPS) is 13.0. The van der Waals surface area contributed by atoms with Crippen LogP contribution in [0.25, 0.3) is 0 Å². The molecule has 1 aromatic carbocycles. The number of rotatable bonds is 6. The van der Waals surface area contributed by atoms with Crippen LogP contribution in [-0.4, -0.2) is 41.1 Å². The Bertz CT molecular complexity index is 541. The minimum Gasteiger partial charge on any atom is -0.370 e. The summed E-state index contributed by atoms with van der Waals surface area (Å²) in [6.07, 6.45) is -0.828. The molecule has 1 rings (SSSR count). The molecule has 0 saturated carbocycles. The number of ether oxygens (including phenoxy) is 1. The number of para-hydroxylation sites is 1. The van der Waals surface area contributed by atoms with Crippen LogP contribution < -0.4 is 15.8 Å². The van der Waals surface area contributed by atoms with E-state index in [4.69, 9.17) is 10.5 Å². The molecule has 7 nitrogen and oxygen atoms in total. The van der Waals surface area contributed by atoms with Crippen LogP contribution in [0.2, 0.25) is 0 Å². The Labute approximate surface area is 112 Å². The lowest BCUT2D eigenvalue weighted by Gasteiger charge is -2.15. The van der Waals surface area contributed by atoms with Crippen LogP contribution in [0.3, 0.4) is 0 Å². The molecule has 19 heavy (non-hydrogen) atoms. The van der Waals surface area contributed by atoms with Crippen molar-refractivity contribution in [1.82, 2.24) is 4.72 Å². The fourth-order valence-corrected chi connectivity index (χ4v) is 2.32. The maximum absolute atomic E-state index is 11.8. The third-order valence-corrected chi connectivity index (χ3v) is 3.97. The molecular formula is C11H17N3O4S. The smallest absolute Gasteiger partial charge is 0.254 e. The Hall–Kier alpha value is -1.48. The van der Waals surface area contributed by atoms with E-state index in [9.17, 15) is 13.2 Å². The highest BCUT2D eigenvalue weighted by atomic mass is 32.2. The number of hydrogen-bond acceptors (Lipinski definition) is 5. The molecule has 4 N–H and O–H groups in total. The highest BCUT2D eigenvalue weighted by Gasteiger charge is 2.21. The molecule has 1 amide bonds. The van der Waals surface area contributed by atoms with E-state index in [1.54, 1.807) is 12.1 Å². The molecule has 0 aliphatic rings. The third kappa shape index (κ3) is 3.74. The molecule has 0 radical (unpaired) electrons. The molecule has 0 aliphatic heterocycles. The van der Waals surface area contributed by atoms with E-state index >= 15 is 0 Å². The molecule has 8 heteroatoms. The summed E-state index contributed by atoms with van der Waals surface area (Å²) in [5.41, 5.74) is 5.55. The summed E-state index contributed by atoms with van der Waals surface area (Å²) >= 11 is 0. The van der Waals surface area contributed by atoms with Crippen molar-refractivity contribution >= 4 is 21.6 Å². The second-order valence-corrected chi connectivity index (χ2v) is 5.51. The molecule has 0 fully saturated rings. The standard InChI is InChI=1S/C11H17N3O4S/c1-13-19(16,17)10-6-4-3-5-8(10)14-11(15)9(7-12)18-2/h3-6,9,13H,7,12H2,1-2H3,(H,14,15). The van der Waals surface area contributed by atoms with Crippen molar-refractivity contribution in [2.75, 3.05) is 26.0 Å². The number of sulfonamides is 1. The van der Waals surface area contributed by atoms with Crippen molar-refractivity contribution < 1.29 is 17.9 Å². The van der Waals surface area contributed by atoms with E-state index in [1.807, 2.05) is 0 Å². The predicted molar refractivity (Wildman–Crippen MR) is 71.2 cm³/mol.